The van der Waals surface area contributed by atoms with E-state index < -0.39 is 0 Å². The Morgan fingerprint density at radius 3 is 2.57 bits per heavy atom. The molecule has 1 heterocycles. The molecule has 1 fully saturated rings. The lowest BCUT2D eigenvalue weighted by molar-refractivity contribution is 0.0932. The number of aromatic nitrogens is 1. The van der Waals surface area contributed by atoms with E-state index in [1.54, 1.807) is 0 Å². The van der Waals surface area contributed by atoms with Crippen LogP contribution < -0.4 is 16.4 Å². The van der Waals surface area contributed by atoms with Crippen LogP contribution in [0.2, 0.25) is 0 Å². The number of carbonyl (C=O) groups is 1. The van der Waals surface area contributed by atoms with Gasteiger partial charge in [0.1, 0.15) is 10.7 Å². The Labute approximate surface area is 130 Å². The lowest BCUT2D eigenvalue weighted by Gasteiger charge is -2.20. The van der Waals surface area contributed by atoms with E-state index in [1.807, 2.05) is 20.8 Å². The number of nitrogens with two attached hydrogens (primary N) is 1. The molecule has 5 nitrogen and oxygen atoms in total. The summed E-state index contributed by atoms with van der Waals surface area (Å²) < 4.78 is 0. The van der Waals surface area contributed by atoms with Crippen LogP contribution >= 0.6 is 11.3 Å². The number of hydrogen-bond acceptors (Lipinski definition) is 5. The van der Waals surface area contributed by atoms with Crippen molar-refractivity contribution in [1.82, 2.24) is 10.3 Å². The number of hydrogen-bond donors (Lipinski definition) is 3. The van der Waals surface area contributed by atoms with Gasteiger partial charge < -0.3 is 16.4 Å². The second-order valence-electron chi connectivity index (χ2n) is 6.92. The Morgan fingerprint density at radius 1 is 1.38 bits per heavy atom. The zero-order valence-electron chi connectivity index (χ0n) is 13.3. The van der Waals surface area contributed by atoms with E-state index in [-0.39, 0.29) is 17.5 Å². The number of nitrogens with zero attached hydrogens (tertiary/aromatic N) is 1. The summed E-state index contributed by atoms with van der Waals surface area (Å²) in [6.45, 7) is 8.23. The zero-order valence-corrected chi connectivity index (χ0v) is 14.1. The van der Waals surface area contributed by atoms with E-state index in [0.29, 0.717) is 21.7 Å². The molecule has 0 bridgehead atoms. The molecule has 0 radical (unpaired) electrons. The third kappa shape index (κ3) is 4.33. The van der Waals surface area contributed by atoms with Gasteiger partial charge >= 0.3 is 0 Å². The number of thiazole rings is 1. The topological polar surface area (TPSA) is 80.0 Å². The van der Waals surface area contributed by atoms with E-state index in [4.69, 9.17) is 5.73 Å². The Balaban J connectivity index is 2.01. The molecule has 1 saturated carbocycles. The molecule has 6 heteroatoms. The molecular weight excluding hydrogens is 284 g/mol. The van der Waals surface area contributed by atoms with Crippen molar-refractivity contribution in [3.05, 3.63) is 4.88 Å². The lowest BCUT2D eigenvalue weighted by atomic mass is 10.00. The molecule has 4 N–H and O–H groups in total. The predicted molar refractivity (Wildman–Crippen MR) is 88.8 cm³/mol. The van der Waals surface area contributed by atoms with Crippen molar-refractivity contribution in [3.63, 3.8) is 0 Å². The maximum Gasteiger partial charge on any atom is 0.265 e. The molecule has 21 heavy (non-hydrogen) atoms. The highest BCUT2D eigenvalue weighted by molar-refractivity contribution is 7.18. The second kappa shape index (κ2) is 6.22. The van der Waals surface area contributed by atoms with Gasteiger partial charge in [0, 0.05) is 11.6 Å². The van der Waals surface area contributed by atoms with Gasteiger partial charge in [0.05, 0.1) is 0 Å². The van der Waals surface area contributed by atoms with E-state index in [9.17, 15) is 4.79 Å². The fourth-order valence-corrected chi connectivity index (χ4v) is 3.71. The minimum Gasteiger partial charge on any atom is -0.382 e. The van der Waals surface area contributed by atoms with E-state index in [2.05, 4.69) is 22.5 Å². The van der Waals surface area contributed by atoms with Gasteiger partial charge in [0.2, 0.25) is 0 Å². The summed E-state index contributed by atoms with van der Waals surface area (Å²) in [5, 5.41) is 7.03. The Morgan fingerprint density at radius 2 is 2.00 bits per heavy atom. The molecule has 1 amide bonds. The third-order valence-corrected chi connectivity index (χ3v) is 4.79. The van der Waals surface area contributed by atoms with Gasteiger partial charge in [0.25, 0.3) is 5.91 Å². The van der Waals surface area contributed by atoms with Crippen LogP contribution in [0.4, 0.5) is 10.9 Å². The maximum absolute atomic E-state index is 12.4. The maximum atomic E-state index is 12.4. The molecule has 1 unspecified atom stereocenters. The van der Waals surface area contributed by atoms with Crippen LogP contribution in [0, 0.1) is 5.92 Å². The van der Waals surface area contributed by atoms with Gasteiger partial charge in [0.15, 0.2) is 5.13 Å². The van der Waals surface area contributed by atoms with Gasteiger partial charge in [-0.25, -0.2) is 4.98 Å². The Bertz CT molecular complexity index is 500. The van der Waals surface area contributed by atoms with Crippen molar-refractivity contribution in [1.29, 1.82) is 0 Å². The van der Waals surface area contributed by atoms with Gasteiger partial charge in [-0.3, -0.25) is 4.79 Å². The summed E-state index contributed by atoms with van der Waals surface area (Å²) in [6, 6.07) is 0.195. The van der Waals surface area contributed by atoms with Crippen LogP contribution in [0.5, 0.6) is 0 Å². The molecule has 1 aromatic heterocycles. The number of nitrogens with one attached hydrogen (secondary N) is 2. The van der Waals surface area contributed by atoms with Gasteiger partial charge in [-0.15, -0.1) is 0 Å². The summed E-state index contributed by atoms with van der Waals surface area (Å²) in [5.74, 6) is 0.796. The van der Waals surface area contributed by atoms with E-state index in [0.717, 1.165) is 0 Å². The van der Waals surface area contributed by atoms with Gasteiger partial charge in [-0.2, -0.15) is 0 Å². The van der Waals surface area contributed by atoms with E-state index >= 15 is 0 Å². The lowest BCUT2D eigenvalue weighted by Crippen LogP contribution is -2.37. The molecule has 0 aliphatic heterocycles. The van der Waals surface area contributed by atoms with Crippen LogP contribution in [0.25, 0.3) is 0 Å². The SMILES string of the molecule is CC(NC(=O)c1sc(NC(C)(C)C)nc1N)C1CCCC1. The summed E-state index contributed by atoms with van der Waals surface area (Å²) in [4.78, 5) is 17.1. The van der Waals surface area contributed by atoms with Gasteiger partial charge in [-0.05, 0) is 46.5 Å². The monoisotopic (exact) mass is 310 g/mol. The van der Waals surface area contributed by atoms with Crippen LogP contribution in [0.3, 0.4) is 0 Å². The number of nitrogen functional groups attached to an aromatic ring is 1. The van der Waals surface area contributed by atoms with Crippen molar-refractivity contribution >= 4 is 28.2 Å². The molecule has 1 atom stereocenters. The minimum atomic E-state index is -0.105. The van der Waals surface area contributed by atoms with Gasteiger partial charge in [-0.1, -0.05) is 24.2 Å². The Hall–Kier alpha value is -1.30. The van der Waals surface area contributed by atoms with Crippen molar-refractivity contribution < 1.29 is 4.79 Å². The fourth-order valence-electron chi connectivity index (χ4n) is 2.72. The summed E-state index contributed by atoms with van der Waals surface area (Å²) in [6.07, 6.45) is 4.95. The molecule has 118 valence electrons. The number of anilines is 2. The summed E-state index contributed by atoms with van der Waals surface area (Å²) in [5.41, 5.74) is 5.79. The molecule has 2 rings (SSSR count). The fraction of sp³-hybridized carbons (Fsp3) is 0.733. The van der Waals surface area contributed by atoms with Crippen LogP contribution in [-0.2, 0) is 0 Å². The first kappa shape index (κ1) is 16.1. The standard InChI is InChI=1S/C15H26N4OS/c1-9(10-7-5-6-8-10)17-13(20)11-12(16)18-14(21-11)19-15(2,3)4/h9-10H,5-8,16H2,1-4H3,(H,17,20)(H,18,19). The average Bonchev–Trinajstić information content (AvgIpc) is 2.96. The molecule has 1 aromatic rings. The highest BCUT2D eigenvalue weighted by Gasteiger charge is 2.25. The predicted octanol–water partition coefficient (Wildman–Crippen LogP) is 3.24. The number of amides is 1. The molecule has 1 aliphatic carbocycles. The molecule has 0 spiro atoms. The molecule has 1 aliphatic rings. The first-order valence-corrected chi connectivity index (χ1v) is 8.43. The zero-order chi connectivity index (χ0) is 15.6. The smallest absolute Gasteiger partial charge is 0.265 e. The van der Waals surface area contributed by atoms with Crippen molar-refractivity contribution in [2.24, 2.45) is 5.92 Å². The minimum absolute atomic E-state index is 0.102. The second-order valence-corrected chi connectivity index (χ2v) is 7.91. The highest BCUT2D eigenvalue weighted by atomic mass is 32.1. The van der Waals surface area contributed by atoms with Crippen molar-refractivity contribution in [2.75, 3.05) is 11.1 Å². The normalized spacial score (nSPS) is 17.7. The largest absolute Gasteiger partial charge is 0.382 e. The molecule has 0 aromatic carbocycles. The number of rotatable bonds is 4. The van der Waals surface area contributed by atoms with Crippen LogP contribution in [0.15, 0.2) is 0 Å². The van der Waals surface area contributed by atoms with Crippen LogP contribution in [0.1, 0.15) is 63.0 Å². The van der Waals surface area contributed by atoms with Crippen molar-refractivity contribution in [2.45, 2.75) is 65.0 Å². The summed E-state index contributed by atoms with van der Waals surface area (Å²) >= 11 is 1.32. The quantitative estimate of drug-likeness (QED) is 0.797. The van der Waals surface area contributed by atoms with Crippen LogP contribution in [-0.4, -0.2) is 22.5 Å². The first-order valence-electron chi connectivity index (χ1n) is 7.61. The highest BCUT2D eigenvalue weighted by Crippen LogP contribution is 2.30. The summed E-state index contributed by atoms with van der Waals surface area (Å²) in [7, 11) is 0. The number of carbonyl (C=O) groups excluding carboxylic acids is 1. The first-order chi connectivity index (χ1) is 9.76. The third-order valence-electron chi connectivity index (χ3n) is 3.81. The van der Waals surface area contributed by atoms with E-state index in [1.165, 1.54) is 37.0 Å². The molecule has 0 saturated heterocycles. The van der Waals surface area contributed by atoms with Crippen molar-refractivity contribution in [3.8, 4) is 0 Å². The Kier molecular flexibility index (Phi) is 4.76. The molecular formula is C15H26N4OS. The average molecular weight is 310 g/mol.